The Morgan fingerprint density at radius 3 is 2.89 bits per heavy atom. The van der Waals surface area contributed by atoms with Crippen molar-refractivity contribution in [2.45, 2.75) is 13.3 Å². The lowest BCUT2D eigenvalue weighted by atomic mass is 10.2. The number of aromatic nitrogens is 1. The van der Waals surface area contributed by atoms with Crippen molar-refractivity contribution >= 4 is 11.5 Å². The Balaban J connectivity index is 3.21. The minimum atomic E-state index is -0.595. The number of nitriles is 1. The average Bonchev–Trinajstić information content (AvgIpc) is 2.38. The summed E-state index contributed by atoms with van der Waals surface area (Å²) in [5, 5.41) is 28.7. The summed E-state index contributed by atoms with van der Waals surface area (Å²) in [6.07, 6.45) is 1.87. The number of hydrogen-bond donors (Lipinski definition) is 1. The summed E-state index contributed by atoms with van der Waals surface area (Å²) in [4.78, 5) is 16.1. The quantitative estimate of drug-likeness (QED) is 0.598. The van der Waals surface area contributed by atoms with E-state index in [0.717, 1.165) is 0 Å². The predicted octanol–water partition coefficient (Wildman–Crippen LogP) is 1.07. The monoisotopic (exact) mass is 250 g/mol. The van der Waals surface area contributed by atoms with Gasteiger partial charge in [0.1, 0.15) is 11.6 Å². The number of aliphatic hydroxyl groups is 1. The summed E-state index contributed by atoms with van der Waals surface area (Å²) in [5.41, 5.74) is -0.285. The molecule has 18 heavy (non-hydrogen) atoms. The number of pyridine rings is 1. The smallest absolute Gasteiger partial charge is 0.329 e. The average molecular weight is 250 g/mol. The Morgan fingerprint density at radius 1 is 1.67 bits per heavy atom. The van der Waals surface area contributed by atoms with Crippen molar-refractivity contribution in [3.05, 3.63) is 27.9 Å². The first kappa shape index (κ1) is 13.9. The van der Waals surface area contributed by atoms with Crippen LogP contribution in [0, 0.1) is 21.4 Å². The Labute approximate surface area is 104 Å². The summed E-state index contributed by atoms with van der Waals surface area (Å²) >= 11 is 0. The van der Waals surface area contributed by atoms with E-state index in [0.29, 0.717) is 19.5 Å². The van der Waals surface area contributed by atoms with Crippen LogP contribution in [0.4, 0.5) is 11.5 Å². The molecule has 1 heterocycles. The van der Waals surface area contributed by atoms with Crippen LogP contribution in [0.15, 0.2) is 12.3 Å². The molecule has 0 aromatic carbocycles. The summed E-state index contributed by atoms with van der Waals surface area (Å²) in [7, 11) is 0. The largest absolute Gasteiger partial charge is 0.396 e. The maximum Gasteiger partial charge on any atom is 0.329 e. The molecule has 0 saturated heterocycles. The molecule has 0 aliphatic carbocycles. The van der Waals surface area contributed by atoms with E-state index in [2.05, 4.69) is 4.98 Å². The van der Waals surface area contributed by atoms with Crippen molar-refractivity contribution in [3.8, 4) is 6.07 Å². The predicted molar refractivity (Wildman–Crippen MR) is 65.2 cm³/mol. The van der Waals surface area contributed by atoms with Crippen LogP contribution in [0.25, 0.3) is 0 Å². The SMILES string of the molecule is CCN(CCCO)c1nccc(C#N)c1[N+](=O)[O-]. The standard InChI is InChI=1S/C11H14N4O3/c1-2-14(6-3-7-16)11-10(15(17)18)9(8-12)4-5-13-11/h4-5,16H,2-3,6-7H2,1H3. The molecular formula is C11H14N4O3. The van der Waals surface area contributed by atoms with Gasteiger partial charge < -0.3 is 10.0 Å². The van der Waals surface area contributed by atoms with Gasteiger partial charge in [0.2, 0.25) is 5.82 Å². The van der Waals surface area contributed by atoms with Gasteiger partial charge in [0, 0.05) is 25.9 Å². The molecule has 1 rings (SSSR count). The second kappa shape index (κ2) is 6.51. The van der Waals surface area contributed by atoms with Crippen molar-refractivity contribution in [3.63, 3.8) is 0 Å². The fourth-order valence-corrected chi connectivity index (χ4v) is 1.62. The zero-order valence-electron chi connectivity index (χ0n) is 10.0. The number of nitro groups is 1. The number of anilines is 1. The lowest BCUT2D eigenvalue weighted by molar-refractivity contribution is -0.384. The molecular weight excluding hydrogens is 236 g/mol. The van der Waals surface area contributed by atoms with Gasteiger partial charge in [0.25, 0.3) is 0 Å². The van der Waals surface area contributed by atoms with E-state index in [1.54, 1.807) is 11.0 Å². The highest BCUT2D eigenvalue weighted by molar-refractivity contribution is 5.65. The first-order valence-corrected chi connectivity index (χ1v) is 5.55. The molecule has 0 radical (unpaired) electrons. The fourth-order valence-electron chi connectivity index (χ4n) is 1.62. The van der Waals surface area contributed by atoms with Crippen molar-refractivity contribution in [1.29, 1.82) is 5.26 Å². The molecule has 0 spiro atoms. The van der Waals surface area contributed by atoms with Crippen LogP contribution in [0.3, 0.4) is 0 Å². The van der Waals surface area contributed by atoms with Crippen LogP contribution >= 0.6 is 0 Å². The van der Waals surface area contributed by atoms with Gasteiger partial charge in [-0.05, 0) is 19.4 Å². The third-order valence-corrected chi connectivity index (χ3v) is 2.48. The number of nitrogens with zero attached hydrogens (tertiary/aromatic N) is 4. The molecule has 1 N–H and O–H groups in total. The molecule has 0 aliphatic rings. The summed E-state index contributed by atoms with van der Waals surface area (Å²) < 4.78 is 0. The van der Waals surface area contributed by atoms with Gasteiger partial charge in [0.15, 0.2) is 0 Å². The minimum Gasteiger partial charge on any atom is -0.396 e. The summed E-state index contributed by atoms with van der Waals surface area (Å²) in [5.74, 6) is 0.176. The molecule has 0 bridgehead atoms. The van der Waals surface area contributed by atoms with Gasteiger partial charge in [-0.25, -0.2) is 4.98 Å². The van der Waals surface area contributed by atoms with Crippen LogP contribution in [0.2, 0.25) is 0 Å². The molecule has 96 valence electrons. The summed E-state index contributed by atoms with van der Waals surface area (Å²) in [6.45, 7) is 2.81. The van der Waals surface area contributed by atoms with Gasteiger partial charge in [-0.2, -0.15) is 5.26 Å². The van der Waals surface area contributed by atoms with Crippen LogP contribution in [0.1, 0.15) is 18.9 Å². The lowest BCUT2D eigenvalue weighted by Gasteiger charge is -2.21. The van der Waals surface area contributed by atoms with Crippen LogP contribution < -0.4 is 4.90 Å². The molecule has 0 unspecified atom stereocenters. The molecule has 0 fully saturated rings. The van der Waals surface area contributed by atoms with Crippen molar-refractivity contribution in [1.82, 2.24) is 4.98 Å². The number of aliphatic hydroxyl groups excluding tert-OH is 1. The molecule has 0 amide bonds. The third kappa shape index (κ3) is 2.93. The molecule has 0 aliphatic heterocycles. The van der Waals surface area contributed by atoms with Gasteiger partial charge >= 0.3 is 5.69 Å². The Morgan fingerprint density at radius 2 is 2.39 bits per heavy atom. The molecule has 7 nitrogen and oxygen atoms in total. The van der Waals surface area contributed by atoms with Gasteiger partial charge in [-0.1, -0.05) is 0 Å². The third-order valence-electron chi connectivity index (χ3n) is 2.48. The Hall–Kier alpha value is -2.20. The van der Waals surface area contributed by atoms with Crippen LogP contribution in [0.5, 0.6) is 0 Å². The highest BCUT2D eigenvalue weighted by atomic mass is 16.6. The zero-order chi connectivity index (χ0) is 13.5. The summed E-state index contributed by atoms with van der Waals surface area (Å²) in [6, 6.07) is 3.12. The van der Waals surface area contributed by atoms with E-state index in [1.807, 2.05) is 6.92 Å². The van der Waals surface area contributed by atoms with E-state index < -0.39 is 4.92 Å². The fraction of sp³-hybridized carbons (Fsp3) is 0.455. The number of rotatable bonds is 6. The normalized spacial score (nSPS) is 9.83. The lowest BCUT2D eigenvalue weighted by Crippen LogP contribution is -2.26. The molecule has 1 aromatic rings. The zero-order valence-corrected chi connectivity index (χ0v) is 10.0. The van der Waals surface area contributed by atoms with E-state index in [1.165, 1.54) is 12.3 Å². The van der Waals surface area contributed by atoms with Gasteiger partial charge in [-0.15, -0.1) is 0 Å². The highest BCUT2D eigenvalue weighted by Gasteiger charge is 2.24. The molecule has 1 aromatic heterocycles. The van der Waals surface area contributed by atoms with Gasteiger partial charge in [-0.3, -0.25) is 10.1 Å². The Bertz CT molecular complexity index is 470. The van der Waals surface area contributed by atoms with E-state index in [-0.39, 0.29) is 23.7 Å². The Kier molecular flexibility index (Phi) is 5.02. The maximum atomic E-state index is 11.0. The minimum absolute atomic E-state index is 0.00222. The van der Waals surface area contributed by atoms with E-state index >= 15 is 0 Å². The first-order valence-electron chi connectivity index (χ1n) is 5.55. The van der Waals surface area contributed by atoms with Crippen molar-refractivity contribution in [2.24, 2.45) is 0 Å². The van der Waals surface area contributed by atoms with Crippen LogP contribution in [-0.2, 0) is 0 Å². The van der Waals surface area contributed by atoms with Crippen molar-refractivity contribution < 1.29 is 10.0 Å². The second-order valence-electron chi connectivity index (χ2n) is 3.56. The second-order valence-corrected chi connectivity index (χ2v) is 3.56. The molecule has 7 heteroatoms. The first-order chi connectivity index (χ1) is 8.65. The topological polar surface area (TPSA) is 103 Å². The molecule has 0 saturated carbocycles. The van der Waals surface area contributed by atoms with Crippen molar-refractivity contribution in [2.75, 3.05) is 24.6 Å². The van der Waals surface area contributed by atoms with E-state index in [4.69, 9.17) is 10.4 Å². The van der Waals surface area contributed by atoms with Crippen LogP contribution in [-0.4, -0.2) is 34.7 Å². The highest BCUT2D eigenvalue weighted by Crippen LogP contribution is 2.28. The van der Waals surface area contributed by atoms with Gasteiger partial charge in [0.05, 0.1) is 4.92 Å². The maximum absolute atomic E-state index is 11.0. The van der Waals surface area contributed by atoms with E-state index in [9.17, 15) is 10.1 Å². The number of hydrogen-bond acceptors (Lipinski definition) is 6. The molecule has 0 atom stereocenters.